The molecule has 1 saturated heterocycles. The highest BCUT2D eigenvalue weighted by Crippen LogP contribution is 2.18. The van der Waals surface area contributed by atoms with Crippen molar-refractivity contribution in [2.24, 2.45) is 5.92 Å². The number of methoxy groups -OCH3 is 1. The highest BCUT2D eigenvalue weighted by atomic mass is 35.5. The van der Waals surface area contributed by atoms with E-state index in [2.05, 4.69) is 24.0 Å². The number of piperidine rings is 1. The van der Waals surface area contributed by atoms with E-state index < -0.39 is 0 Å². The Bertz CT molecular complexity index is 429. The Morgan fingerprint density at radius 3 is 2.62 bits per heavy atom. The van der Waals surface area contributed by atoms with Crippen molar-refractivity contribution in [2.45, 2.75) is 19.8 Å². The fraction of sp³-hybridized carbons (Fsp3) is 0.529. The van der Waals surface area contributed by atoms with Gasteiger partial charge >= 0.3 is 0 Å². The average molecular weight is 312 g/mol. The second-order valence-electron chi connectivity index (χ2n) is 5.44. The van der Waals surface area contributed by atoms with Crippen LogP contribution in [0.3, 0.4) is 0 Å². The van der Waals surface area contributed by atoms with Gasteiger partial charge in [-0.25, -0.2) is 0 Å². The van der Waals surface area contributed by atoms with Gasteiger partial charge in [-0.05, 0) is 44.0 Å². The van der Waals surface area contributed by atoms with E-state index in [1.165, 1.54) is 25.9 Å². The van der Waals surface area contributed by atoms with E-state index in [1.54, 1.807) is 7.11 Å². The number of ether oxygens (including phenoxy) is 2. The van der Waals surface area contributed by atoms with E-state index in [0.29, 0.717) is 6.61 Å². The van der Waals surface area contributed by atoms with Gasteiger partial charge in [0.15, 0.2) is 0 Å². The number of rotatable bonds is 6. The SMILES string of the molecule is COc1cccc(OCC=CCN2CCC(C)CC2)c1.Cl. The smallest absolute Gasteiger partial charge is 0.123 e. The van der Waals surface area contributed by atoms with Crippen LogP contribution in [0.2, 0.25) is 0 Å². The largest absolute Gasteiger partial charge is 0.497 e. The third kappa shape index (κ3) is 6.40. The fourth-order valence-electron chi connectivity index (χ4n) is 2.37. The molecule has 1 heterocycles. The molecule has 4 heteroatoms. The van der Waals surface area contributed by atoms with Gasteiger partial charge in [0.25, 0.3) is 0 Å². The highest BCUT2D eigenvalue weighted by Gasteiger charge is 2.13. The Kier molecular flexibility index (Phi) is 8.24. The van der Waals surface area contributed by atoms with Gasteiger partial charge < -0.3 is 9.47 Å². The second-order valence-corrected chi connectivity index (χ2v) is 5.44. The first kappa shape index (κ1) is 17.9. The molecule has 1 fully saturated rings. The molecule has 0 aliphatic carbocycles. The maximum absolute atomic E-state index is 5.67. The van der Waals surface area contributed by atoms with Crippen LogP contribution >= 0.6 is 12.4 Å². The summed E-state index contributed by atoms with van der Waals surface area (Å²) in [6.07, 6.45) is 6.95. The molecule has 3 nitrogen and oxygen atoms in total. The van der Waals surface area contributed by atoms with Crippen LogP contribution in [0.5, 0.6) is 11.5 Å². The standard InChI is InChI=1S/C17H25NO2.ClH/c1-15-8-11-18(12-9-15)10-3-4-13-20-17-7-5-6-16(14-17)19-2;/h3-7,14-15H,8-13H2,1-2H3;1H. The summed E-state index contributed by atoms with van der Waals surface area (Å²) in [6, 6.07) is 7.70. The Balaban J connectivity index is 0.00000220. The number of nitrogens with zero attached hydrogens (tertiary/aromatic N) is 1. The van der Waals surface area contributed by atoms with E-state index in [4.69, 9.17) is 9.47 Å². The molecule has 2 rings (SSSR count). The molecule has 0 N–H and O–H groups in total. The number of hydrogen-bond acceptors (Lipinski definition) is 3. The molecule has 0 spiro atoms. The average Bonchev–Trinajstić information content (AvgIpc) is 2.49. The number of halogens is 1. The van der Waals surface area contributed by atoms with Crippen molar-refractivity contribution in [1.29, 1.82) is 0 Å². The summed E-state index contributed by atoms with van der Waals surface area (Å²) < 4.78 is 10.8. The van der Waals surface area contributed by atoms with Crippen LogP contribution in [-0.2, 0) is 0 Å². The molecule has 0 radical (unpaired) electrons. The summed E-state index contributed by atoms with van der Waals surface area (Å²) in [5.74, 6) is 2.57. The molecule has 0 unspecified atom stereocenters. The fourth-order valence-corrected chi connectivity index (χ4v) is 2.37. The van der Waals surface area contributed by atoms with Gasteiger partial charge in [-0.2, -0.15) is 0 Å². The lowest BCUT2D eigenvalue weighted by Crippen LogP contribution is -2.32. The van der Waals surface area contributed by atoms with Gasteiger partial charge in [-0.1, -0.05) is 25.1 Å². The predicted molar refractivity (Wildman–Crippen MR) is 89.7 cm³/mol. The topological polar surface area (TPSA) is 21.7 Å². The minimum atomic E-state index is 0. The minimum Gasteiger partial charge on any atom is -0.497 e. The zero-order valence-electron chi connectivity index (χ0n) is 13.0. The molecule has 1 aromatic carbocycles. The van der Waals surface area contributed by atoms with E-state index in [9.17, 15) is 0 Å². The van der Waals surface area contributed by atoms with E-state index in [1.807, 2.05) is 24.3 Å². The Hall–Kier alpha value is -1.19. The monoisotopic (exact) mass is 311 g/mol. The quantitative estimate of drug-likeness (QED) is 0.746. The van der Waals surface area contributed by atoms with Crippen molar-refractivity contribution in [2.75, 3.05) is 33.4 Å². The molecule has 1 aliphatic heterocycles. The minimum absolute atomic E-state index is 0. The number of likely N-dealkylation sites (tertiary alicyclic amines) is 1. The highest BCUT2D eigenvalue weighted by molar-refractivity contribution is 5.85. The Labute approximate surface area is 134 Å². The van der Waals surface area contributed by atoms with Crippen molar-refractivity contribution in [3.05, 3.63) is 36.4 Å². The van der Waals surface area contributed by atoms with Crippen LogP contribution in [0.4, 0.5) is 0 Å². The molecular formula is C17H26ClNO2. The van der Waals surface area contributed by atoms with E-state index >= 15 is 0 Å². The van der Waals surface area contributed by atoms with Crippen LogP contribution in [0, 0.1) is 5.92 Å². The van der Waals surface area contributed by atoms with Crippen molar-refractivity contribution in [3.63, 3.8) is 0 Å². The third-order valence-corrected chi connectivity index (χ3v) is 3.79. The summed E-state index contributed by atoms with van der Waals surface area (Å²) in [4.78, 5) is 2.50. The first-order valence-corrected chi connectivity index (χ1v) is 7.42. The summed E-state index contributed by atoms with van der Waals surface area (Å²) in [5.41, 5.74) is 0. The summed E-state index contributed by atoms with van der Waals surface area (Å²) in [5, 5.41) is 0. The Morgan fingerprint density at radius 2 is 1.90 bits per heavy atom. The van der Waals surface area contributed by atoms with Crippen LogP contribution in [0.25, 0.3) is 0 Å². The van der Waals surface area contributed by atoms with Gasteiger partial charge in [0.1, 0.15) is 18.1 Å². The molecule has 0 amide bonds. The zero-order valence-corrected chi connectivity index (χ0v) is 13.8. The van der Waals surface area contributed by atoms with Crippen LogP contribution in [0.1, 0.15) is 19.8 Å². The van der Waals surface area contributed by atoms with E-state index in [-0.39, 0.29) is 12.4 Å². The Morgan fingerprint density at radius 1 is 1.19 bits per heavy atom. The van der Waals surface area contributed by atoms with Crippen molar-refractivity contribution in [3.8, 4) is 11.5 Å². The normalized spacial score (nSPS) is 16.7. The zero-order chi connectivity index (χ0) is 14.2. The van der Waals surface area contributed by atoms with Gasteiger partial charge in [0, 0.05) is 12.6 Å². The van der Waals surface area contributed by atoms with Crippen molar-refractivity contribution >= 4 is 12.4 Å². The second kappa shape index (κ2) is 9.69. The molecule has 21 heavy (non-hydrogen) atoms. The molecule has 0 bridgehead atoms. The van der Waals surface area contributed by atoms with E-state index in [0.717, 1.165) is 24.0 Å². The molecule has 1 aromatic rings. The predicted octanol–water partition coefficient (Wildman–Crippen LogP) is 3.78. The number of benzene rings is 1. The molecule has 1 aliphatic rings. The molecule has 118 valence electrons. The van der Waals surface area contributed by atoms with Crippen LogP contribution in [0.15, 0.2) is 36.4 Å². The molecular weight excluding hydrogens is 286 g/mol. The van der Waals surface area contributed by atoms with Crippen LogP contribution in [-0.4, -0.2) is 38.3 Å². The molecule has 0 saturated carbocycles. The summed E-state index contributed by atoms with van der Waals surface area (Å²) in [7, 11) is 1.67. The van der Waals surface area contributed by atoms with Crippen molar-refractivity contribution < 1.29 is 9.47 Å². The summed E-state index contributed by atoms with van der Waals surface area (Å²) in [6.45, 7) is 6.44. The lowest BCUT2D eigenvalue weighted by Gasteiger charge is -2.29. The lowest BCUT2D eigenvalue weighted by molar-refractivity contribution is 0.210. The van der Waals surface area contributed by atoms with Gasteiger partial charge in [-0.3, -0.25) is 4.90 Å². The van der Waals surface area contributed by atoms with Gasteiger partial charge in [0.2, 0.25) is 0 Å². The van der Waals surface area contributed by atoms with Gasteiger partial charge in [0.05, 0.1) is 7.11 Å². The molecule has 0 aromatic heterocycles. The van der Waals surface area contributed by atoms with Gasteiger partial charge in [-0.15, -0.1) is 12.4 Å². The lowest BCUT2D eigenvalue weighted by atomic mass is 9.99. The first-order valence-electron chi connectivity index (χ1n) is 7.42. The summed E-state index contributed by atoms with van der Waals surface area (Å²) >= 11 is 0. The van der Waals surface area contributed by atoms with Crippen molar-refractivity contribution in [1.82, 2.24) is 4.90 Å². The number of hydrogen-bond donors (Lipinski definition) is 0. The maximum atomic E-state index is 5.67. The third-order valence-electron chi connectivity index (χ3n) is 3.79. The first-order chi connectivity index (χ1) is 9.78. The maximum Gasteiger partial charge on any atom is 0.123 e. The van der Waals surface area contributed by atoms with Crippen LogP contribution < -0.4 is 9.47 Å². The molecule has 0 atom stereocenters.